The van der Waals surface area contributed by atoms with E-state index in [-0.39, 0.29) is 33.8 Å². The number of anilines is 1. The maximum atomic E-state index is 12.4. The Balaban J connectivity index is 2.02. The van der Waals surface area contributed by atoms with Gasteiger partial charge in [0.1, 0.15) is 9.88 Å². The van der Waals surface area contributed by atoms with E-state index in [0.29, 0.717) is 17.1 Å². The van der Waals surface area contributed by atoms with E-state index in [1.54, 1.807) is 13.0 Å². The summed E-state index contributed by atoms with van der Waals surface area (Å²) < 4.78 is 9.51. The van der Waals surface area contributed by atoms with Gasteiger partial charge in [0.2, 0.25) is 5.91 Å². The normalized spacial score (nSPS) is 11.6. The molecule has 1 unspecified atom stereocenters. The Hall–Kier alpha value is -2.42. The zero-order valence-electron chi connectivity index (χ0n) is 16.6. The smallest absolute Gasteiger partial charge is 0.348 e. The van der Waals surface area contributed by atoms with Crippen LogP contribution in [0.5, 0.6) is 0 Å². The lowest BCUT2D eigenvalue weighted by molar-refractivity contribution is -0.116. The van der Waals surface area contributed by atoms with Crippen LogP contribution in [-0.2, 0) is 14.3 Å². The molecule has 9 heteroatoms. The van der Waals surface area contributed by atoms with Crippen molar-refractivity contribution in [3.8, 4) is 0 Å². The Labute approximate surface area is 178 Å². The highest BCUT2D eigenvalue weighted by Crippen LogP contribution is 2.34. The first kappa shape index (κ1) is 22.9. The minimum Gasteiger partial charge on any atom is -0.465 e. The minimum atomic E-state index is -0.628. The lowest BCUT2D eigenvalue weighted by Gasteiger charge is -2.14. The molecule has 1 aromatic carbocycles. The zero-order chi connectivity index (χ0) is 21.6. The number of ether oxygens (including phenoxy) is 2. The van der Waals surface area contributed by atoms with Crippen LogP contribution < -0.4 is 10.6 Å². The van der Waals surface area contributed by atoms with Gasteiger partial charge in [0.05, 0.1) is 19.8 Å². The van der Waals surface area contributed by atoms with Gasteiger partial charge in [-0.15, -0.1) is 11.3 Å². The molecule has 1 amide bonds. The SMILES string of the molecule is COC(=O)c1sc(NC(=O)CCNC(C)c2cccc(Cl)c2)c(C(=O)OC)c1C. The van der Waals surface area contributed by atoms with Gasteiger partial charge >= 0.3 is 11.9 Å². The van der Waals surface area contributed by atoms with Crippen molar-refractivity contribution < 1.29 is 23.9 Å². The standard InChI is InChI=1S/C20H23ClN2O5S/c1-11-16(19(25)27-3)18(29-17(11)20(26)28-4)23-15(24)8-9-22-12(2)13-6-5-7-14(21)10-13/h5-7,10,12,22H,8-9H2,1-4H3,(H,23,24). The average Bonchev–Trinajstić information content (AvgIpc) is 3.02. The van der Waals surface area contributed by atoms with Crippen molar-refractivity contribution in [2.24, 2.45) is 0 Å². The second-order valence-corrected chi connectivity index (χ2v) is 7.73. The fourth-order valence-electron chi connectivity index (χ4n) is 2.72. The molecular weight excluding hydrogens is 416 g/mol. The van der Waals surface area contributed by atoms with Gasteiger partial charge in [-0.2, -0.15) is 0 Å². The number of benzene rings is 1. The van der Waals surface area contributed by atoms with E-state index < -0.39 is 11.9 Å². The number of hydrogen-bond acceptors (Lipinski definition) is 7. The summed E-state index contributed by atoms with van der Waals surface area (Å²) in [5.74, 6) is -1.49. The van der Waals surface area contributed by atoms with Gasteiger partial charge < -0.3 is 20.1 Å². The number of nitrogens with one attached hydrogen (secondary N) is 2. The quantitative estimate of drug-likeness (QED) is 0.606. The Kier molecular flexibility index (Phi) is 8.19. The van der Waals surface area contributed by atoms with Gasteiger partial charge in [0, 0.05) is 24.0 Å². The summed E-state index contributed by atoms with van der Waals surface area (Å²) in [7, 11) is 2.49. The lowest BCUT2D eigenvalue weighted by atomic mass is 10.1. The third kappa shape index (κ3) is 5.79. The maximum absolute atomic E-state index is 12.4. The van der Waals surface area contributed by atoms with Crippen LogP contribution in [0.2, 0.25) is 5.02 Å². The molecule has 1 aromatic heterocycles. The van der Waals surface area contributed by atoms with Crippen LogP contribution in [0.1, 0.15) is 50.5 Å². The first-order valence-corrected chi connectivity index (χ1v) is 10.1. The molecular formula is C20H23ClN2O5S. The number of hydrogen-bond donors (Lipinski definition) is 2. The zero-order valence-corrected chi connectivity index (χ0v) is 18.2. The summed E-state index contributed by atoms with van der Waals surface area (Å²) in [5.41, 5.74) is 1.59. The van der Waals surface area contributed by atoms with Crippen LogP contribution in [0.25, 0.3) is 0 Å². The summed E-state index contributed by atoms with van der Waals surface area (Å²) in [5, 5.41) is 6.87. The summed E-state index contributed by atoms with van der Waals surface area (Å²) >= 11 is 6.99. The van der Waals surface area contributed by atoms with Crippen molar-refractivity contribution in [1.29, 1.82) is 0 Å². The number of esters is 2. The van der Waals surface area contributed by atoms with Crippen molar-refractivity contribution in [3.05, 3.63) is 50.9 Å². The van der Waals surface area contributed by atoms with Crippen molar-refractivity contribution in [3.63, 3.8) is 0 Å². The van der Waals surface area contributed by atoms with E-state index in [1.165, 1.54) is 14.2 Å². The monoisotopic (exact) mass is 438 g/mol. The highest BCUT2D eigenvalue weighted by molar-refractivity contribution is 7.18. The van der Waals surface area contributed by atoms with Gasteiger partial charge in [-0.3, -0.25) is 4.79 Å². The molecule has 29 heavy (non-hydrogen) atoms. The minimum absolute atomic E-state index is 0.0158. The molecule has 2 rings (SSSR count). The molecule has 2 aromatic rings. The van der Waals surface area contributed by atoms with E-state index in [1.807, 2.05) is 25.1 Å². The second kappa shape index (κ2) is 10.4. The highest BCUT2D eigenvalue weighted by Gasteiger charge is 2.26. The number of thiophene rings is 1. The van der Waals surface area contributed by atoms with Crippen LogP contribution in [0.4, 0.5) is 5.00 Å². The van der Waals surface area contributed by atoms with Crippen LogP contribution in [0.3, 0.4) is 0 Å². The summed E-state index contributed by atoms with van der Waals surface area (Å²) in [6.45, 7) is 4.00. The summed E-state index contributed by atoms with van der Waals surface area (Å²) in [4.78, 5) is 36.6. The number of methoxy groups -OCH3 is 2. The molecule has 0 spiro atoms. The summed E-state index contributed by atoms with van der Waals surface area (Å²) in [6.07, 6.45) is 0.177. The lowest BCUT2D eigenvalue weighted by Crippen LogP contribution is -2.24. The highest BCUT2D eigenvalue weighted by atomic mass is 35.5. The van der Waals surface area contributed by atoms with Crippen LogP contribution >= 0.6 is 22.9 Å². The predicted molar refractivity (Wildman–Crippen MR) is 113 cm³/mol. The molecule has 1 heterocycles. The molecule has 7 nitrogen and oxygen atoms in total. The molecule has 2 N–H and O–H groups in total. The predicted octanol–water partition coefficient (Wildman–Crippen LogP) is 3.96. The first-order valence-electron chi connectivity index (χ1n) is 8.87. The molecule has 0 aliphatic heterocycles. The fraction of sp³-hybridized carbons (Fsp3) is 0.350. The van der Waals surface area contributed by atoms with E-state index in [2.05, 4.69) is 10.6 Å². The van der Waals surface area contributed by atoms with E-state index in [4.69, 9.17) is 21.1 Å². The Morgan fingerprint density at radius 2 is 1.86 bits per heavy atom. The van der Waals surface area contributed by atoms with Gasteiger partial charge in [0.15, 0.2) is 0 Å². The molecule has 0 fully saturated rings. The molecule has 0 saturated heterocycles. The maximum Gasteiger partial charge on any atom is 0.348 e. The second-order valence-electron chi connectivity index (χ2n) is 6.27. The topological polar surface area (TPSA) is 93.7 Å². The van der Waals surface area contributed by atoms with Gasteiger partial charge in [0.25, 0.3) is 0 Å². The van der Waals surface area contributed by atoms with Gasteiger partial charge in [-0.05, 0) is 37.1 Å². The number of halogens is 1. The van der Waals surface area contributed by atoms with Crippen molar-refractivity contribution in [2.45, 2.75) is 26.3 Å². The average molecular weight is 439 g/mol. The number of carbonyl (C=O) groups is 3. The molecule has 0 bridgehead atoms. The molecule has 0 aliphatic rings. The molecule has 156 valence electrons. The Bertz CT molecular complexity index is 912. The Morgan fingerprint density at radius 1 is 1.17 bits per heavy atom. The van der Waals surface area contributed by atoms with E-state index in [9.17, 15) is 14.4 Å². The van der Waals surface area contributed by atoms with Crippen molar-refractivity contribution in [1.82, 2.24) is 5.32 Å². The van der Waals surface area contributed by atoms with Gasteiger partial charge in [-0.1, -0.05) is 23.7 Å². The van der Waals surface area contributed by atoms with Crippen LogP contribution in [0.15, 0.2) is 24.3 Å². The number of amides is 1. The molecule has 0 radical (unpaired) electrons. The molecule has 0 aliphatic carbocycles. The Morgan fingerprint density at radius 3 is 2.48 bits per heavy atom. The van der Waals surface area contributed by atoms with Gasteiger partial charge in [-0.25, -0.2) is 9.59 Å². The number of rotatable bonds is 8. The van der Waals surface area contributed by atoms with E-state index >= 15 is 0 Å². The summed E-state index contributed by atoms with van der Waals surface area (Å²) in [6, 6.07) is 7.51. The first-order chi connectivity index (χ1) is 13.8. The number of carbonyl (C=O) groups excluding carboxylic acids is 3. The van der Waals surface area contributed by atoms with Crippen LogP contribution in [-0.4, -0.2) is 38.6 Å². The third-order valence-electron chi connectivity index (χ3n) is 4.31. The van der Waals surface area contributed by atoms with Crippen LogP contribution in [0, 0.1) is 6.92 Å². The molecule has 0 saturated carbocycles. The largest absolute Gasteiger partial charge is 0.465 e. The third-order valence-corrected chi connectivity index (χ3v) is 5.73. The van der Waals surface area contributed by atoms with E-state index in [0.717, 1.165) is 16.9 Å². The van der Waals surface area contributed by atoms with Crippen molar-refractivity contribution in [2.75, 3.05) is 26.1 Å². The molecule has 1 atom stereocenters. The fourth-order valence-corrected chi connectivity index (χ4v) is 4.05. The van der Waals surface area contributed by atoms with Crippen molar-refractivity contribution >= 4 is 45.8 Å².